The highest BCUT2D eigenvalue weighted by atomic mass is 16.2. The van der Waals surface area contributed by atoms with E-state index in [9.17, 15) is 4.79 Å². The van der Waals surface area contributed by atoms with Crippen LogP contribution in [-0.2, 0) is 0 Å². The van der Waals surface area contributed by atoms with Gasteiger partial charge in [-0.2, -0.15) is 0 Å². The largest absolute Gasteiger partial charge is 0.339 e. The highest BCUT2D eigenvalue weighted by molar-refractivity contribution is 5.94. The maximum atomic E-state index is 12.7. The van der Waals surface area contributed by atoms with Gasteiger partial charge in [0.25, 0.3) is 5.91 Å². The van der Waals surface area contributed by atoms with Crippen LogP contribution in [0.25, 0.3) is 5.69 Å². The van der Waals surface area contributed by atoms with Gasteiger partial charge in [0.2, 0.25) is 0 Å². The number of aromatic nitrogens is 4. The van der Waals surface area contributed by atoms with Crippen LogP contribution in [0.1, 0.15) is 29.6 Å². The highest BCUT2D eigenvalue weighted by Crippen LogP contribution is 2.37. The van der Waals surface area contributed by atoms with Crippen molar-refractivity contribution in [2.45, 2.75) is 19.3 Å². The summed E-state index contributed by atoms with van der Waals surface area (Å²) in [5.74, 6) is 0.120. The molecule has 4 rings (SSSR count). The molecule has 7 nitrogen and oxygen atoms in total. The third-order valence-corrected chi connectivity index (χ3v) is 5.17. The van der Waals surface area contributed by atoms with Crippen molar-refractivity contribution < 1.29 is 4.79 Å². The van der Waals surface area contributed by atoms with Crippen LogP contribution in [0.5, 0.6) is 0 Å². The van der Waals surface area contributed by atoms with E-state index in [1.807, 2.05) is 29.2 Å². The number of nitrogens with one attached hydrogen (secondary N) is 1. The molecule has 1 spiro atoms. The second-order valence-electron chi connectivity index (χ2n) is 6.52. The van der Waals surface area contributed by atoms with Crippen LogP contribution in [0.15, 0.2) is 30.6 Å². The number of hydrogen-bond acceptors (Lipinski definition) is 5. The van der Waals surface area contributed by atoms with E-state index in [-0.39, 0.29) is 5.91 Å². The van der Waals surface area contributed by atoms with Crippen LogP contribution in [0.3, 0.4) is 0 Å². The molecule has 2 aliphatic heterocycles. The lowest BCUT2D eigenvalue weighted by Gasteiger charge is -2.38. The molecule has 2 saturated heterocycles. The van der Waals surface area contributed by atoms with Crippen LogP contribution in [0, 0.1) is 5.41 Å². The van der Waals surface area contributed by atoms with Gasteiger partial charge in [0.05, 0.1) is 5.69 Å². The van der Waals surface area contributed by atoms with Gasteiger partial charge in [-0.1, -0.05) is 0 Å². The van der Waals surface area contributed by atoms with Crippen LogP contribution >= 0.6 is 0 Å². The zero-order chi connectivity index (χ0) is 15.7. The molecule has 1 amide bonds. The summed E-state index contributed by atoms with van der Waals surface area (Å²) in [5.41, 5.74) is 2.00. The molecule has 2 aromatic rings. The number of hydrogen-bond donors (Lipinski definition) is 1. The summed E-state index contributed by atoms with van der Waals surface area (Å²) in [4.78, 5) is 14.6. The fourth-order valence-corrected chi connectivity index (χ4v) is 3.63. The van der Waals surface area contributed by atoms with Gasteiger partial charge in [0, 0.05) is 25.2 Å². The number of carbonyl (C=O) groups excluding carboxylic acids is 1. The minimum atomic E-state index is 0.120. The maximum Gasteiger partial charge on any atom is 0.253 e. The quantitative estimate of drug-likeness (QED) is 0.891. The third-order valence-electron chi connectivity index (χ3n) is 5.17. The lowest BCUT2D eigenvalue weighted by molar-refractivity contribution is 0.0607. The molecular formula is C16H20N6O. The Bertz CT molecular complexity index is 665. The molecule has 0 radical (unpaired) electrons. The molecule has 1 aromatic heterocycles. The Labute approximate surface area is 134 Å². The summed E-state index contributed by atoms with van der Waals surface area (Å²) in [6.07, 6.45) is 5.00. The Morgan fingerprint density at radius 1 is 1.13 bits per heavy atom. The highest BCUT2D eigenvalue weighted by Gasteiger charge is 2.38. The molecular weight excluding hydrogens is 292 g/mol. The van der Waals surface area contributed by atoms with E-state index in [2.05, 4.69) is 20.8 Å². The van der Waals surface area contributed by atoms with Gasteiger partial charge in [0.1, 0.15) is 6.33 Å². The average molecular weight is 312 g/mol. The zero-order valence-corrected chi connectivity index (χ0v) is 13.0. The summed E-state index contributed by atoms with van der Waals surface area (Å²) in [6, 6.07) is 7.44. The zero-order valence-electron chi connectivity index (χ0n) is 13.0. The molecule has 0 aliphatic carbocycles. The molecule has 0 atom stereocenters. The van der Waals surface area contributed by atoms with Crippen molar-refractivity contribution in [3.05, 3.63) is 36.2 Å². The standard InChI is InChI=1S/C16H20N6O/c23-15(21-9-6-16(7-10-21)5-8-17-11-16)13-1-3-14(4-2-13)22-12-18-19-20-22/h1-4,12,17H,5-11H2. The molecule has 1 aromatic carbocycles. The minimum Gasteiger partial charge on any atom is -0.339 e. The smallest absolute Gasteiger partial charge is 0.253 e. The average Bonchev–Trinajstić information content (AvgIpc) is 3.28. The number of piperidine rings is 1. The van der Waals surface area contributed by atoms with Crippen molar-refractivity contribution in [1.29, 1.82) is 0 Å². The second-order valence-corrected chi connectivity index (χ2v) is 6.52. The van der Waals surface area contributed by atoms with Crippen LogP contribution in [0.4, 0.5) is 0 Å². The first kappa shape index (κ1) is 14.3. The normalized spacial score (nSPS) is 20.1. The van der Waals surface area contributed by atoms with E-state index >= 15 is 0 Å². The van der Waals surface area contributed by atoms with E-state index < -0.39 is 0 Å². The van der Waals surface area contributed by atoms with Crippen molar-refractivity contribution in [2.75, 3.05) is 26.2 Å². The van der Waals surface area contributed by atoms with Gasteiger partial charge in [-0.25, -0.2) is 4.68 Å². The van der Waals surface area contributed by atoms with Crippen molar-refractivity contribution in [3.8, 4) is 5.69 Å². The van der Waals surface area contributed by atoms with E-state index in [0.717, 1.165) is 50.3 Å². The summed E-state index contributed by atoms with van der Waals surface area (Å²) >= 11 is 0. The van der Waals surface area contributed by atoms with Gasteiger partial charge >= 0.3 is 0 Å². The molecule has 0 bridgehead atoms. The minimum absolute atomic E-state index is 0.120. The first-order valence-corrected chi connectivity index (χ1v) is 8.09. The Morgan fingerprint density at radius 2 is 1.91 bits per heavy atom. The third kappa shape index (κ3) is 2.72. The van der Waals surface area contributed by atoms with Gasteiger partial charge in [-0.3, -0.25) is 4.79 Å². The first-order valence-electron chi connectivity index (χ1n) is 8.09. The molecule has 1 N–H and O–H groups in total. The molecule has 7 heteroatoms. The Balaban J connectivity index is 1.43. The number of carbonyl (C=O) groups is 1. The number of rotatable bonds is 2. The van der Waals surface area contributed by atoms with E-state index in [4.69, 9.17) is 0 Å². The summed E-state index contributed by atoms with van der Waals surface area (Å²) in [7, 11) is 0. The number of amides is 1. The predicted molar refractivity (Wildman–Crippen MR) is 84.2 cm³/mol. The Kier molecular flexibility index (Phi) is 3.57. The topological polar surface area (TPSA) is 75.9 Å². The van der Waals surface area contributed by atoms with Crippen molar-refractivity contribution in [1.82, 2.24) is 30.4 Å². The van der Waals surface area contributed by atoms with Crippen molar-refractivity contribution in [3.63, 3.8) is 0 Å². The van der Waals surface area contributed by atoms with E-state index in [0.29, 0.717) is 5.41 Å². The second kappa shape index (κ2) is 5.73. The Morgan fingerprint density at radius 3 is 2.52 bits per heavy atom. The van der Waals surface area contributed by atoms with Gasteiger partial charge in [-0.05, 0) is 65.9 Å². The maximum absolute atomic E-state index is 12.7. The SMILES string of the molecule is O=C(c1ccc(-n2cnnn2)cc1)N1CCC2(CCNC2)CC1. The summed E-state index contributed by atoms with van der Waals surface area (Å²) in [6.45, 7) is 3.94. The predicted octanol–water partition coefficient (Wildman–Crippen LogP) is 0.878. The molecule has 120 valence electrons. The van der Waals surface area contributed by atoms with Crippen LogP contribution in [0.2, 0.25) is 0 Å². The molecule has 0 unspecified atom stereocenters. The van der Waals surface area contributed by atoms with E-state index in [1.54, 1.807) is 4.68 Å². The fourth-order valence-electron chi connectivity index (χ4n) is 3.63. The molecule has 3 heterocycles. The summed E-state index contributed by atoms with van der Waals surface area (Å²) in [5, 5.41) is 14.5. The first-order chi connectivity index (χ1) is 11.3. The fraction of sp³-hybridized carbons (Fsp3) is 0.500. The lowest BCUT2D eigenvalue weighted by atomic mass is 9.78. The van der Waals surface area contributed by atoms with E-state index in [1.165, 1.54) is 12.7 Å². The number of benzene rings is 1. The van der Waals surface area contributed by atoms with Crippen molar-refractivity contribution in [2.24, 2.45) is 5.41 Å². The van der Waals surface area contributed by atoms with Crippen molar-refractivity contribution >= 4 is 5.91 Å². The Hall–Kier alpha value is -2.28. The number of likely N-dealkylation sites (tertiary alicyclic amines) is 1. The lowest BCUT2D eigenvalue weighted by Crippen LogP contribution is -2.44. The molecule has 23 heavy (non-hydrogen) atoms. The van der Waals surface area contributed by atoms with Crippen LogP contribution < -0.4 is 5.32 Å². The number of tetrazole rings is 1. The number of nitrogens with zero attached hydrogens (tertiary/aromatic N) is 5. The van der Waals surface area contributed by atoms with Gasteiger partial charge in [-0.15, -0.1) is 5.10 Å². The summed E-state index contributed by atoms with van der Waals surface area (Å²) < 4.78 is 1.58. The van der Waals surface area contributed by atoms with Gasteiger partial charge in [0.15, 0.2) is 0 Å². The van der Waals surface area contributed by atoms with Crippen LogP contribution in [-0.4, -0.2) is 57.2 Å². The van der Waals surface area contributed by atoms with Gasteiger partial charge < -0.3 is 10.2 Å². The molecule has 2 aliphatic rings. The monoisotopic (exact) mass is 312 g/mol. The molecule has 2 fully saturated rings. The molecule has 0 saturated carbocycles.